The number of rotatable bonds is 14. The first-order chi connectivity index (χ1) is 20.4. The van der Waals surface area contributed by atoms with E-state index >= 15 is 0 Å². The van der Waals surface area contributed by atoms with Gasteiger partial charge in [-0.15, -0.1) is 0 Å². The highest BCUT2D eigenvalue weighted by molar-refractivity contribution is 5.90. The molecule has 224 valence electrons. The van der Waals surface area contributed by atoms with Gasteiger partial charge in [0.1, 0.15) is 0 Å². The Bertz CT molecular complexity index is 1250. The smallest absolute Gasteiger partial charge is 0.243 e. The van der Waals surface area contributed by atoms with Gasteiger partial charge in [-0.3, -0.25) is 19.7 Å². The molecule has 1 saturated heterocycles. The van der Waals surface area contributed by atoms with E-state index in [2.05, 4.69) is 29.4 Å². The summed E-state index contributed by atoms with van der Waals surface area (Å²) in [6.45, 7) is 1.55. The van der Waals surface area contributed by atoms with E-state index in [-0.39, 0.29) is 31.1 Å². The summed E-state index contributed by atoms with van der Waals surface area (Å²) in [5.74, 6) is -0.505. The Morgan fingerprint density at radius 3 is 2.17 bits per heavy atom. The van der Waals surface area contributed by atoms with Crippen molar-refractivity contribution in [1.29, 1.82) is 0 Å². The molecule has 1 heterocycles. The lowest BCUT2D eigenvalue weighted by atomic mass is 9.99. The molecule has 0 aliphatic carbocycles. The number of aliphatic hydroxyl groups is 1. The fourth-order valence-electron chi connectivity index (χ4n) is 5.09. The Balaban J connectivity index is 1.37. The van der Waals surface area contributed by atoms with E-state index in [4.69, 9.17) is 14.7 Å². The highest BCUT2D eigenvalue weighted by atomic mass is 16.7. The van der Waals surface area contributed by atoms with Crippen molar-refractivity contribution in [1.82, 2.24) is 10.4 Å². The molecule has 0 radical (unpaired) electrons. The van der Waals surface area contributed by atoms with E-state index in [0.29, 0.717) is 31.4 Å². The minimum Gasteiger partial charge on any atom is -0.392 e. The number of aliphatic hydroxyl groups excluding tert-OH is 1. The van der Waals surface area contributed by atoms with Crippen LogP contribution in [0.25, 0.3) is 0 Å². The van der Waals surface area contributed by atoms with Gasteiger partial charge in [-0.25, -0.2) is 5.48 Å². The molecule has 1 fully saturated rings. The maximum absolute atomic E-state index is 12.4. The van der Waals surface area contributed by atoms with Crippen molar-refractivity contribution >= 4 is 17.5 Å². The lowest BCUT2D eigenvalue weighted by Gasteiger charge is -2.38. The molecule has 4 rings (SSSR count). The van der Waals surface area contributed by atoms with Gasteiger partial charge >= 0.3 is 0 Å². The summed E-state index contributed by atoms with van der Waals surface area (Å²) >= 11 is 0. The van der Waals surface area contributed by atoms with Crippen LogP contribution in [0.4, 0.5) is 5.69 Å². The average Bonchev–Trinajstić information content (AvgIpc) is 3.01. The first-order valence-electron chi connectivity index (χ1n) is 14.5. The van der Waals surface area contributed by atoms with Crippen LogP contribution in [-0.2, 0) is 32.2 Å². The van der Waals surface area contributed by atoms with Crippen LogP contribution < -0.4 is 10.8 Å². The van der Waals surface area contributed by atoms with Gasteiger partial charge in [-0.2, -0.15) is 0 Å². The second-order valence-electron chi connectivity index (χ2n) is 10.8. The zero-order valence-corrected chi connectivity index (χ0v) is 24.1. The summed E-state index contributed by atoms with van der Waals surface area (Å²) in [7, 11) is 2.09. The molecule has 3 atom stereocenters. The minimum atomic E-state index is -0.572. The second-order valence-corrected chi connectivity index (χ2v) is 10.8. The summed E-state index contributed by atoms with van der Waals surface area (Å²) in [5.41, 5.74) is 6.30. The van der Waals surface area contributed by atoms with Crippen LogP contribution in [0, 0.1) is 0 Å². The number of hydrogen-bond donors (Lipinski definition) is 4. The van der Waals surface area contributed by atoms with E-state index in [1.807, 2.05) is 66.7 Å². The minimum absolute atomic E-state index is 0.00329. The van der Waals surface area contributed by atoms with Crippen LogP contribution in [-0.4, -0.2) is 46.7 Å². The van der Waals surface area contributed by atoms with Crippen molar-refractivity contribution in [2.45, 2.75) is 70.2 Å². The van der Waals surface area contributed by atoms with Crippen LogP contribution >= 0.6 is 0 Å². The Kier molecular flexibility index (Phi) is 12.0. The van der Waals surface area contributed by atoms with Gasteiger partial charge < -0.3 is 19.9 Å². The van der Waals surface area contributed by atoms with Crippen molar-refractivity contribution in [3.63, 3.8) is 0 Å². The van der Waals surface area contributed by atoms with Crippen molar-refractivity contribution < 1.29 is 29.4 Å². The van der Waals surface area contributed by atoms with E-state index in [0.717, 1.165) is 36.2 Å². The Morgan fingerprint density at radius 1 is 0.833 bits per heavy atom. The summed E-state index contributed by atoms with van der Waals surface area (Å²) < 4.78 is 12.9. The molecule has 0 saturated carbocycles. The fourth-order valence-corrected chi connectivity index (χ4v) is 5.09. The Hall–Kier alpha value is -3.60. The van der Waals surface area contributed by atoms with Gasteiger partial charge in [0.25, 0.3) is 0 Å². The third kappa shape index (κ3) is 9.75. The third-order valence-corrected chi connectivity index (χ3v) is 7.32. The molecule has 3 aromatic carbocycles. The molecule has 42 heavy (non-hydrogen) atoms. The van der Waals surface area contributed by atoms with Gasteiger partial charge in [0.05, 0.1) is 18.8 Å². The summed E-state index contributed by atoms with van der Waals surface area (Å²) in [4.78, 5) is 25.7. The number of hydroxylamine groups is 1. The zero-order chi connectivity index (χ0) is 29.7. The number of carbonyl (C=O) groups is 2. The number of benzene rings is 3. The predicted molar refractivity (Wildman–Crippen MR) is 159 cm³/mol. The number of nitrogens with one attached hydrogen (secondary N) is 2. The molecular formula is C33H41N3O6. The standard InChI is InChI=1S/C33H41N3O6/c1-36(21-24-8-4-2-5-9-24)22-29-20-30(26-14-12-25(23-37)13-15-26)42-33(41-29)27-16-18-28(19-17-27)34-31(38)10-6-3-7-11-32(39)35-40/h2,4-5,8-9,12-19,29-30,33,37,40H,3,6-7,10-11,20-23H2,1H3,(H,34,38)(H,35,39)/t29-,30+,33+/m0/s1. The number of anilines is 1. The maximum atomic E-state index is 12.4. The fraction of sp³-hybridized carbons (Fsp3) is 0.394. The molecule has 9 heteroatoms. The van der Waals surface area contributed by atoms with Gasteiger partial charge in [-0.1, -0.05) is 73.2 Å². The Labute approximate surface area is 247 Å². The first kappa shape index (κ1) is 31.3. The number of amides is 2. The number of hydrogen-bond acceptors (Lipinski definition) is 7. The maximum Gasteiger partial charge on any atom is 0.243 e. The zero-order valence-electron chi connectivity index (χ0n) is 24.1. The van der Waals surface area contributed by atoms with Crippen molar-refractivity contribution in [2.24, 2.45) is 0 Å². The molecule has 2 amide bonds. The SMILES string of the molecule is CN(Cc1ccccc1)C[C@@H]1C[C@H](c2ccc(CO)cc2)O[C@H](c2ccc(NC(=O)CCCCCC(=O)NO)cc2)O1. The monoisotopic (exact) mass is 575 g/mol. The predicted octanol–water partition coefficient (Wildman–Crippen LogP) is 5.25. The molecule has 0 bridgehead atoms. The van der Waals surface area contributed by atoms with Crippen LogP contribution in [0.1, 0.15) is 73.2 Å². The summed E-state index contributed by atoms with van der Waals surface area (Å²) in [5, 5.41) is 20.9. The van der Waals surface area contributed by atoms with Gasteiger partial charge in [0, 0.05) is 43.6 Å². The van der Waals surface area contributed by atoms with E-state index < -0.39 is 12.2 Å². The molecule has 0 aromatic heterocycles. The van der Waals surface area contributed by atoms with Crippen molar-refractivity contribution in [3.8, 4) is 0 Å². The molecular weight excluding hydrogens is 534 g/mol. The number of ether oxygens (including phenoxy) is 2. The highest BCUT2D eigenvalue weighted by Gasteiger charge is 2.32. The molecule has 0 spiro atoms. The van der Waals surface area contributed by atoms with Crippen molar-refractivity contribution in [2.75, 3.05) is 18.9 Å². The van der Waals surface area contributed by atoms with Gasteiger partial charge in [-0.05, 0) is 48.7 Å². The third-order valence-electron chi connectivity index (χ3n) is 7.32. The second kappa shape index (κ2) is 16.1. The topological polar surface area (TPSA) is 120 Å². The van der Waals surface area contributed by atoms with E-state index in [9.17, 15) is 14.7 Å². The van der Waals surface area contributed by atoms with Gasteiger partial charge in [0.2, 0.25) is 11.8 Å². The molecule has 1 aliphatic heterocycles. The summed E-state index contributed by atoms with van der Waals surface area (Å²) in [6, 6.07) is 25.7. The normalized spacial score (nSPS) is 18.5. The number of unbranched alkanes of at least 4 members (excludes halogenated alkanes) is 2. The van der Waals surface area contributed by atoms with Crippen molar-refractivity contribution in [3.05, 3.63) is 101 Å². The largest absolute Gasteiger partial charge is 0.392 e. The highest BCUT2D eigenvalue weighted by Crippen LogP contribution is 2.38. The van der Waals surface area contributed by atoms with Gasteiger partial charge in [0.15, 0.2) is 6.29 Å². The average molecular weight is 576 g/mol. The number of likely N-dealkylation sites (N-methyl/N-ethyl adjacent to an activating group) is 1. The first-order valence-corrected chi connectivity index (χ1v) is 14.5. The van der Waals surface area contributed by atoms with Crippen LogP contribution in [0.5, 0.6) is 0 Å². The number of nitrogens with zero attached hydrogens (tertiary/aromatic N) is 1. The Morgan fingerprint density at radius 2 is 1.50 bits per heavy atom. The molecule has 9 nitrogen and oxygen atoms in total. The summed E-state index contributed by atoms with van der Waals surface area (Å²) in [6.07, 6.45) is 2.48. The van der Waals surface area contributed by atoms with Crippen LogP contribution in [0.15, 0.2) is 78.9 Å². The lowest BCUT2D eigenvalue weighted by molar-refractivity contribution is -0.252. The molecule has 0 unspecified atom stereocenters. The van der Waals surface area contributed by atoms with E-state index in [1.54, 1.807) is 5.48 Å². The molecule has 4 N–H and O–H groups in total. The number of carbonyl (C=O) groups excluding carboxylic acids is 2. The van der Waals surface area contributed by atoms with Crippen LogP contribution in [0.3, 0.4) is 0 Å². The van der Waals surface area contributed by atoms with Crippen LogP contribution in [0.2, 0.25) is 0 Å². The van der Waals surface area contributed by atoms with E-state index in [1.165, 1.54) is 5.56 Å². The molecule has 3 aromatic rings. The molecule has 1 aliphatic rings. The quantitative estimate of drug-likeness (QED) is 0.118. The lowest BCUT2D eigenvalue weighted by Crippen LogP contribution is -2.37.